The Bertz CT molecular complexity index is 374. The normalized spacial score (nSPS) is 10.2. The lowest BCUT2D eigenvalue weighted by Gasteiger charge is -2.00. The molecule has 0 aliphatic rings. The molecule has 1 aromatic rings. The second kappa shape index (κ2) is 3.12. The summed E-state index contributed by atoms with van der Waals surface area (Å²) in [6.45, 7) is 0. The van der Waals surface area contributed by atoms with Crippen LogP contribution in [0.1, 0.15) is 10.4 Å². The van der Waals surface area contributed by atoms with E-state index in [9.17, 15) is 26.7 Å². The molecule has 0 radical (unpaired) electrons. The van der Waals surface area contributed by atoms with Crippen molar-refractivity contribution in [3.8, 4) is 0 Å². The molecule has 0 N–H and O–H groups in total. The summed E-state index contributed by atoms with van der Waals surface area (Å²) in [5.74, 6) is -7.84. The number of hydrogen-bond donors (Lipinski definition) is 0. The predicted octanol–water partition coefficient (Wildman–Crippen LogP) is 2.35. The molecule has 13 heavy (non-hydrogen) atoms. The first-order valence-electron chi connectivity index (χ1n) is 2.98. The minimum Gasteiger partial charge on any atom is -0.255 e. The van der Waals surface area contributed by atoms with E-state index in [1.165, 1.54) is 0 Å². The molecule has 0 bridgehead atoms. The van der Waals surface area contributed by atoms with Gasteiger partial charge in [-0.05, 0) is 0 Å². The van der Waals surface area contributed by atoms with Crippen LogP contribution in [0.5, 0.6) is 0 Å². The largest absolute Gasteiger partial charge is 0.338 e. The maximum atomic E-state index is 12.5. The van der Waals surface area contributed by atoms with Crippen LogP contribution in [0.3, 0.4) is 0 Å². The highest BCUT2D eigenvalue weighted by Crippen LogP contribution is 2.19. The topological polar surface area (TPSA) is 17.1 Å². The van der Waals surface area contributed by atoms with E-state index in [-0.39, 0.29) is 6.07 Å². The molecule has 6 heteroatoms. The number of hydrogen-bond acceptors (Lipinski definition) is 1. The van der Waals surface area contributed by atoms with E-state index < -0.39 is 34.9 Å². The molecular weight excluding hydrogens is 195 g/mol. The van der Waals surface area contributed by atoms with E-state index in [0.29, 0.717) is 0 Å². The maximum absolute atomic E-state index is 12.5. The lowest BCUT2D eigenvalue weighted by atomic mass is 10.2. The summed E-state index contributed by atoms with van der Waals surface area (Å²) in [5.41, 5.74) is -1.72. The van der Waals surface area contributed by atoms with E-state index in [1.807, 2.05) is 0 Å². The van der Waals surface area contributed by atoms with Crippen molar-refractivity contribution in [1.82, 2.24) is 0 Å². The molecule has 0 aromatic heterocycles. The zero-order valence-electron chi connectivity index (χ0n) is 5.88. The Morgan fingerprint density at radius 3 is 2.00 bits per heavy atom. The molecule has 0 heterocycles. The van der Waals surface area contributed by atoms with Crippen molar-refractivity contribution in [2.24, 2.45) is 0 Å². The van der Waals surface area contributed by atoms with Gasteiger partial charge in [0.25, 0.3) is 0 Å². The molecule has 0 atom stereocenters. The summed E-state index contributed by atoms with van der Waals surface area (Å²) >= 11 is 0. The first kappa shape index (κ1) is 9.63. The van der Waals surface area contributed by atoms with E-state index in [0.717, 1.165) is 0 Å². The van der Waals surface area contributed by atoms with Gasteiger partial charge in [-0.3, -0.25) is 4.79 Å². The molecule has 0 unspecified atom stereocenters. The average Bonchev–Trinajstić information content (AvgIpc) is 1.99. The molecule has 0 aliphatic heterocycles. The molecule has 0 saturated heterocycles. The third-order valence-corrected chi connectivity index (χ3v) is 1.31. The molecule has 70 valence electrons. The molecular formula is C7HF5O. The van der Waals surface area contributed by atoms with Crippen molar-refractivity contribution in [3.05, 3.63) is 34.9 Å². The Morgan fingerprint density at radius 1 is 1.00 bits per heavy atom. The maximum Gasteiger partial charge on any atom is 0.338 e. The van der Waals surface area contributed by atoms with Crippen LogP contribution in [0.15, 0.2) is 6.07 Å². The highest BCUT2D eigenvalue weighted by Gasteiger charge is 2.23. The van der Waals surface area contributed by atoms with Crippen LogP contribution in [0.4, 0.5) is 22.0 Å². The summed E-state index contributed by atoms with van der Waals surface area (Å²) in [4.78, 5) is 9.91. The fraction of sp³-hybridized carbons (Fsp3) is 0. The predicted molar refractivity (Wildman–Crippen MR) is 31.7 cm³/mol. The molecule has 0 amide bonds. The third kappa shape index (κ3) is 1.51. The van der Waals surface area contributed by atoms with Gasteiger partial charge in [0.2, 0.25) is 0 Å². The standard InChI is InChI=1S/C7HF5O/c8-2-1-3(9)5(10)6(11)4(2)7(12)13/h1H. The number of carbonyl (C=O) groups excluding carboxylic acids is 1. The minimum absolute atomic E-state index is 0.106. The van der Waals surface area contributed by atoms with Crippen LogP contribution >= 0.6 is 0 Å². The summed E-state index contributed by atoms with van der Waals surface area (Å²) in [6.07, 6.45) is 0. The molecule has 0 fully saturated rings. The second-order valence-electron chi connectivity index (χ2n) is 2.12. The fourth-order valence-corrected chi connectivity index (χ4v) is 0.746. The lowest BCUT2D eigenvalue weighted by molar-refractivity contribution is 0.0824. The number of benzene rings is 1. The van der Waals surface area contributed by atoms with Crippen molar-refractivity contribution in [3.63, 3.8) is 0 Å². The van der Waals surface area contributed by atoms with Gasteiger partial charge in [-0.1, -0.05) is 0 Å². The van der Waals surface area contributed by atoms with E-state index in [2.05, 4.69) is 0 Å². The Kier molecular flexibility index (Phi) is 2.31. The molecule has 1 aromatic carbocycles. The fourth-order valence-electron chi connectivity index (χ4n) is 0.746. The van der Waals surface area contributed by atoms with Crippen LogP contribution in [0.2, 0.25) is 0 Å². The minimum atomic E-state index is -2.49. The highest BCUT2D eigenvalue weighted by atomic mass is 19.2. The van der Waals surface area contributed by atoms with Crippen molar-refractivity contribution < 1.29 is 26.7 Å². The van der Waals surface area contributed by atoms with Crippen molar-refractivity contribution in [2.75, 3.05) is 0 Å². The first-order chi connectivity index (χ1) is 5.95. The van der Waals surface area contributed by atoms with E-state index in [4.69, 9.17) is 0 Å². The first-order valence-corrected chi connectivity index (χ1v) is 2.98. The SMILES string of the molecule is O=C(F)c1c(F)cc(F)c(F)c1F. The average molecular weight is 196 g/mol. The Hall–Kier alpha value is -1.46. The summed E-state index contributed by atoms with van der Waals surface area (Å²) in [7, 11) is 0. The zero-order valence-corrected chi connectivity index (χ0v) is 5.88. The van der Waals surface area contributed by atoms with Crippen LogP contribution < -0.4 is 0 Å². The van der Waals surface area contributed by atoms with Gasteiger partial charge in [0, 0.05) is 6.07 Å². The zero-order chi connectivity index (χ0) is 10.2. The Labute approximate surface area is 68.8 Å². The third-order valence-electron chi connectivity index (χ3n) is 1.31. The quantitative estimate of drug-likeness (QED) is 0.291. The van der Waals surface area contributed by atoms with Gasteiger partial charge >= 0.3 is 6.04 Å². The van der Waals surface area contributed by atoms with Crippen LogP contribution in [0.25, 0.3) is 0 Å². The number of rotatable bonds is 1. The van der Waals surface area contributed by atoms with Crippen LogP contribution in [-0.4, -0.2) is 6.04 Å². The monoisotopic (exact) mass is 196 g/mol. The van der Waals surface area contributed by atoms with Crippen molar-refractivity contribution in [2.45, 2.75) is 0 Å². The number of carbonyl (C=O) groups is 1. The molecule has 0 aliphatic carbocycles. The van der Waals surface area contributed by atoms with Gasteiger partial charge < -0.3 is 0 Å². The molecule has 0 spiro atoms. The van der Waals surface area contributed by atoms with Crippen LogP contribution in [-0.2, 0) is 0 Å². The molecule has 1 nitrogen and oxygen atoms in total. The van der Waals surface area contributed by atoms with Gasteiger partial charge in [-0.25, -0.2) is 17.6 Å². The summed E-state index contributed by atoms with van der Waals surface area (Å²) < 4.78 is 61.2. The molecule has 1 rings (SSSR count). The smallest absolute Gasteiger partial charge is 0.255 e. The number of halogens is 5. The highest BCUT2D eigenvalue weighted by molar-refractivity contribution is 5.89. The van der Waals surface area contributed by atoms with Crippen molar-refractivity contribution in [1.29, 1.82) is 0 Å². The van der Waals surface area contributed by atoms with Gasteiger partial charge in [-0.2, -0.15) is 4.39 Å². The van der Waals surface area contributed by atoms with Gasteiger partial charge in [0.15, 0.2) is 17.5 Å². The lowest BCUT2D eigenvalue weighted by Crippen LogP contribution is -2.05. The second-order valence-corrected chi connectivity index (χ2v) is 2.12. The Balaban J connectivity index is 3.53. The Morgan fingerprint density at radius 2 is 1.54 bits per heavy atom. The van der Waals surface area contributed by atoms with Gasteiger partial charge in [-0.15, -0.1) is 0 Å². The summed E-state index contributed by atoms with van der Waals surface area (Å²) in [5, 5.41) is 0. The summed E-state index contributed by atoms with van der Waals surface area (Å²) in [6, 6.07) is -2.60. The van der Waals surface area contributed by atoms with Gasteiger partial charge in [0.05, 0.1) is 0 Å². The molecule has 0 saturated carbocycles. The van der Waals surface area contributed by atoms with Gasteiger partial charge in [0.1, 0.15) is 11.4 Å². The van der Waals surface area contributed by atoms with Crippen LogP contribution in [0, 0.1) is 23.3 Å². The van der Waals surface area contributed by atoms with E-state index >= 15 is 0 Å². The van der Waals surface area contributed by atoms with Crippen molar-refractivity contribution >= 4 is 6.04 Å². The van der Waals surface area contributed by atoms with E-state index in [1.54, 1.807) is 0 Å².